The van der Waals surface area contributed by atoms with Gasteiger partial charge in [0.1, 0.15) is 11.5 Å². The highest BCUT2D eigenvalue weighted by Crippen LogP contribution is 2.23. The van der Waals surface area contributed by atoms with Gasteiger partial charge in [-0.2, -0.15) is 5.26 Å². The van der Waals surface area contributed by atoms with Gasteiger partial charge < -0.3 is 4.74 Å². The molecule has 3 heteroatoms. The Bertz CT molecular complexity index is 544. The van der Waals surface area contributed by atoms with Crippen molar-refractivity contribution in [2.24, 2.45) is 0 Å². The lowest BCUT2D eigenvalue weighted by Crippen LogP contribution is -1.89. The third-order valence-electron chi connectivity index (χ3n) is 2.15. The van der Waals surface area contributed by atoms with E-state index < -0.39 is 0 Å². The molecule has 1 aromatic carbocycles. The lowest BCUT2D eigenvalue weighted by Gasteiger charge is -2.07. The van der Waals surface area contributed by atoms with Crippen LogP contribution in [-0.4, -0.2) is 4.98 Å². The summed E-state index contributed by atoms with van der Waals surface area (Å²) in [5, 5.41) is 8.76. The van der Waals surface area contributed by atoms with Crippen LogP contribution in [0.4, 0.5) is 0 Å². The summed E-state index contributed by atoms with van der Waals surface area (Å²) in [6.07, 6.45) is 1.72. The van der Waals surface area contributed by atoms with Crippen molar-refractivity contribution < 1.29 is 4.74 Å². The number of aromatic nitrogens is 1. The maximum atomic E-state index is 8.76. The molecule has 0 aliphatic carbocycles. The molecule has 0 atom stereocenters. The lowest BCUT2D eigenvalue weighted by molar-refractivity contribution is 0.475. The molecule has 0 radical (unpaired) electrons. The fourth-order valence-electron chi connectivity index (χ4n) is 1.33. The standard InChI is InChI=1S/C13H10N2O/c1-10-13(6-3-7-15-10)16-12-5-2-4-11(8-12)9-14/h2-8H,1H3. The van der Waals surface area contributed by atoms with Crippen LogP contribution in [0.5, 0.6) is 11.5 Å². The van der Waals surface area contributed by atoms with E-state index in [0.29, 0.717) is 17.1 Å². The SMILES string of the molecule is Cc1ncccc1Oc1cccc(C#N)c1. The molecule has 1 aromatic heterocycles. The molecule has 0 unspecified atom stereocenters. The van der Waals surface area contributed by atoms with Crippen molar-refractivity contribution in [1.29, 1.82) is 5.26 Å². The van der Waals surface area contributed by atoms with Gasteiger partial charge in [0, 0.05) is 6.20 Å². The minimum atomic E-state index is 0.582. The zero-order valence-corrected chi connectivity index (χ0v) is 8.84. The van der Waals surface area contributed by atoms with Gasteiger partial charge >= 0.3 is 0 Å². The molecule has 0 spiro atoms. The number of nitriles is 1. The van der Waals surface area contributed by atoms with Gasteiger partial charge in [-0.15, -0.1) is 0 Å². The third-order valence-corrected chi connectivity index (χ3v) is 2.15. The largest absolute Gasteiger partial charge is 0.455 e. The Morgan fingerprint density at radius 3 is 2.88 bits per heavy atom. The summed E-state index contributed by atoms with van der Waals surface area (Å²) in [5.74, 6) is 1.35. The number of benzene rings is 1. The molecule has 0 aliphatic heterocycles. The molecular weight excluding hydrogens is 200 g/mol. The molecule has 2 aromatic rings. The molecule has 0 saturated heterocycles. The van der Waals surface area contributed by atoms with Gasteiger partial charge in [0.25, 0.3) is 0 Å². The first-order valence-corrected chi connectivity index (χ1v) is 4.89. The predicted molar refractivity (Wildman–Crippen MR) is 60.2 cm³/mol. The van der Waals surface area contributed by atoms with Crippen LogP contribution in [0, 0.1) is 18.3 Å². The second kappa shape index (κ2) is 4.45. The Kier molecular flexibility index (Phi) is 2.84. The molecule has 0 bridgehead atoms. The first-order chi connectivity index (χ1) is 7.79. The summed E-state index contributed by atoms with van der Waals surface area (Å²) in [4.78, 5) is 4.13. The lowest BCUT2D eigenvalue weighted by atomic mass is 10.2. The maximum absolute atomic E-state index is 8.76. The van der Waals surface area contributed by atoms with Crippen LogP contribution in [0.15, 0.2) is 42.6 Å². The number of pyridine rings is 1. The average Bonchev–Trinajstić information content (AvgIpc) is 2.32. The molecular formula is C13H10N2O. The number of aryl methyl sites for hydroxylation is 1. The fourth-order valence-corrected chi connectivity index (χ4v) is 1.33. The van der Waals surface area contributed by atoms with Crippen molar-refractivity contribution >= 4 is 0 Å². The molecule has 0 fully saturated rings. The number of hydrogen-bond acceptors (Lipinski definition) is 3. The second-order valence-corrected chi connectivity index (χ2v) is 3.33. The third kappa shape index (κ3) is 2.18. The molecule has 0 saturated carbocycles. The van der Waals surface area contributed by atoms with Crippen molar-refractivity contribution in [1.82, 2.24) is 4.98 Å². The number of rotatable bonds is 2. The first-order valence-electron chi connectivity index (χ1n) is 4.89. The van der Waals surface area contributed by atoms with Gasteiger partial charge in [-0.25, -0.2) is 0 Å². The second-order valence-electron chi connectivity index (χ2n) is 3.33. The van der Waals surface area contributed by atoms with Crippen molar-refractivity contribution in [2.45, 2.75) is 6.92 Å². The van der Waals surface area contributed by atoms with Crippen LogP contribution >= 0.6 is 0 Å². The minimum absolute atomic E-state index is 0.582. The van der Waals surface area contributed by atoms with Gasteiger partial charge in [0.15, 0.2) is 0 Å². The number of hydrogen-bond donors (Lipinski definition) is 0. The van der Waals surface area contributed by atoms with E-state index >= 15 is 0 Å². The van der Waals surface area contributed by atoms with Crippen LogP contribution in [0.2, 0.25) is 0 Å². The summed E-state index contributed by atoms with van der Waals surface area (Å²) >= 11 is 0. The van der Waals surface area contributed by atoms with Crippen LogP contribution in [0.25, 0.3) is 0 Å². The quantitative estimate of drug-likeness (QED) is 0.765. The Labute approximate surface area is 93.9 Å². The zero-order chi connectivity index (χ0) is 11.4. The summed E-state index contributed by atoms with van der Waals surface area (Å²) in [5.41, 5.74) is 1.41. The van der Waals surface area contributed by atoms with Gasteiger partial charge in [-0.1, -0.05) is 6.07 Å². The summed E-state index contributed by atoms with van der Waals surface area (Å²) in [6.45, 7) is 1.88. The Balaban J connectivity index is 2.28. The van der Waals surface area contributed by atoms with E-state index in [-0.39, 0.29) is 0 Å². The normalized spacial score (nSPS) is 9.50. The van der Waals surface area contributed by atoms with E-state index in [0.717, 1.165) is 5.69 Å². The van der Waals surface area contributed by atoms with Crippen molar-refractivity contribution in [3.8, 4) is 17.6 Å². The topological polar surface area (TPSA) is 45.9 Å². The van der Waals surface area contributed by atoms with Crippen molar-refractivity contribution in [3.63, 3.8) is 0 Å². The zero-order valence-electron chi connectivity index (χ0n) is 8.84. The highest BCUT2D eigenvalue weighted by atomic mass is 16.5. The molecule has 0 N–H and O–H groups in total. The highest BCUT2D eigenvalue weighted by Gasteiger charge is 2.01. The maximum Gasteiger partial charge on any atom is 0.148 e. The van der Waals surface area contributed by atoms with Crippen molar-refractivity contribution in [3.05, 3.63) is 53.9 Å². The summed E-state index contributed by atoms with van der Waals surface area (Å²) < 4.78 is 5.64. The van der Waals surface area contributed by atoms with E-state index in [1.807, 2.05) is 25.1 Å². The molecule has 3 nitrogen and oxygen atoms in total. The molecule has 78 valence electrons. The van der Waals surface area contributed by atoms with E-state index in [1.165, 1.54) is 0 Å². The number of nitrogens with zero attached hydrogens (tertiary/aromatic N) is 2. The highest BCUT2D eigenvalue weighted by molar-refractivity contribution is 5.39. The van der Waals surface area contributed by atoms with Gasteiger partial charge in [0.05, 0.1) is 17.3 Å². The average molecular weight is 210 g/mol. The molecule has 16 heavy (non-hydrogen) atoms. The van der Waals surface area contributed by atoms with E-state index in [1.54, 1.807) is 24.4 Å². The molecule has 1 heterocycles. The fraction of sp³-hybridized carbons (Fsp3) is 0.0769. The van der Waals surface area contributed by atoms with E-state index in [2.05, 4.69) is 11.1 Å². The van der Waals surface area contributed by atoms with Crippen LogP contribution in [-0.2, 0) is 0 Å². The summed E-state index contributed by atoms with van der Waals surface area (Å²) in [7, 11) is 0. The minimum Gasteiger partial charge on any atom is -0.455 e. The van der Waals surface area contributed by atoms with Crippen LogP contribution in [0.1, 0.15) is 11.3 Å². The Morgan fingerprint density at radius 1 is 1.25 bits per heavy atom. The van der Waals surface area contributed by atoms with Crippen molar-refractivity contribution in [2.75, 3.05) is 0 Å². The first kappa shape index (κ1) is 10.2. The predicted octanol–water partition coefficient (Wildman–Crippen LogP) is 3.05. The molecule has 2 rings (SSSR count). The van der Waals surface area contributed by atoms with Gasteiger partial charge in [-0.3, -0.25) is 4.98 Å². The van der Waals surface area contributed by atoms with Crippen LogP contribution in [0.3, 0.4) is 0 Å². The van der Waals surface area contributed by atoms with E-state index in [4.69, 9.17) is 10.00 Å². The number of ether oxygens (including phenoxy) is 1. The van der Waals surface area contributed by atoms with Gasteiger partial charge in [0.2, 0.25) is 0 Å². The molecule has 0 aliphatic rings. The Hall–Kier alpha value is -2.34. The van der Waals surface area contributed by atoms with Gasteiger partial charge in [-0.05, 0) is 37.3 Å². The molecule has 0 amide bonds. The summed E-state index contributed by atoms with van der Waals surface area (Å²) in [6, 6.07) is 12.8. The van der Waals surface area contributed by atoms with E-state index in [9.17, 15) is 0 Å². The smallest absolute Gasteiger partial charge is 0.148 e. The monoisotopic (exact) mass is 210 g/mol. The van der Waals surface area contributed by atoms with Crippen LogP contribution < -0.4 is 4.74 Å². The Morgan fingerprint density at radius 2 is 2.12 bits per heavy atom.